The Morgan fingerprint density at radius 3 is 2.70 bits per heavy atom. The molecule has 1 fully saturated rings. The molecule has 0 N–H and O–H groups in total. The second kappa shape index (κ2) is 6.11. The van der Waals surface area contributed by atoms with Crippen LogP contribution in [0.25, 0.3) is 0 Å². The van der Waals surface area contributed by atoms with E-state index in [-0.39, 0.29) is 17.3 Å². The summed E-state index contributed by atoms with van der Waals surface area (Å²) in [5.41, 5.74) is 0.784. The third kappa shape index (κ3) is 3.42. The summed E-state index contributed by atoms with van der Waals surface area (Å²) in [7, 11) is -3.22. The number of benzene rings is 1. The van der Waals surface area contributed by atoms with E-state index in [0.29, 0.717) is 18.9 Å². The molecule has 0 radical (unpaired) electrons. The summed E-state index contributed by atoms with van der Waals surface area (Å²) in [4.78, 5) is 18.2. The zero-order chi connectivity index (χ0) is 16.4. The maximum Gasteiger partial charge on any atom is 0.295 e. The first-order valence-corrected chi connectivity index (χ1v) is 9.15. The van der Waals surface area contributed by atoms with Crippen LogP contribution in [0.2, 0.25) is 0 Å². The zero-order valence-electron chi connectivity index (χ0n) is 12.7. The summed E-state index contributed by atoms with van der Waals surface area (Å²) >= 11 is 0. The molecule has 8 heteroatoms. The molecule has 1 unspecified atom stereocenters. The molecule has 2 heterocycles. The highest BCUT2D eigenvalue weighted by Gasteiger charge is 2.34. The predicted molar refractivity (Wildman–Crippen MR) is 82.5 cm³/mol. The number of rotatable bonds is 2. The Bertz CT molecular complexity index is 801. The Kier molecular flexibility index (Phi) is 4.16. The zero-order valence-corrected chi connectivity index (χ0v) is 13.5. The third-order valence-electron chi connectivity index (χ3n) is 3.81. The van der Waals surface area contributed by atoms with Gasteiger partial charge in [0.1, 0.15) is 0 Å². The quantitative estimate of drug-likeness (QED) is 0.823. The SMILES string of the molecule is Cc1nc(C(=O)N2CCCS(=O)(=O)CC2c2ccccc2)no1. The Labute approximate surface area is 134 Å². The van der Waals surface area contributed by atoms with Crippen molar-refractivity contribution < 1.29 is 17.7 Å². The van der Waals surface area contributed by atoms with Gasteiger partial charge in [-0.25, -0.2) is 8.42 Å². The van der Waals surface area contributed by atoms with Crippen LogP contribution in [-0.4, -0.2) is 47.4 Å². The predicted octanol–water partition coefficient (Wildman–Crippen LogP) is 1.38. The van der Waals surface area contributed by atoms with E-state index in [9.17, 15) is 13.2 Å². The lowest BCUT2D eigenvalue weighted by Gasteiger charge is -2.28. The highest BCUT2D eigenvalue weighted by atomic mass is 32.2. The first-order valence-electron chi connectivity index (χ1n) is 7.33. The molecule has 1 aliphatic rings. The summed E-state index contributed by atoms with van der Waals surface area (Å²) in [5, 5.41) is 3.66. The van der Waals surface area contributed by atoms with Gasteiger partial charge in [-0.3, -0.25) is 4.79 Å². The van der Waals surface area contributed by atoms with Crippen molar-refractivity contribution in [3.8, 4) is 0 Å². The van der Waals surface area contributed by atoms with Crippen LogP contribution in [0.5, 0.6) is 0 Å². The van der Waals surface area contributed by atoms with Gasteiger partial charge in [0.25, 0.3) is 11.7 Å². The normalized spacial score (nSPS) is 20.9. The van der Waals surface area contributed by atoms with E-state index in [1.54, 1.807) is 6.92 Å². The molecular formula is C15H17N3O4S. The van der Waals surface area contributed by atoms with Crippen LogP contribution in [0.3, 0.4) is 0 Å². The minimum atomic E-state index is -3.22. The van der Waals surface area contributed by atoms with Gasteiger partial charge in [0.05, 0.1) is 17.5 Å². The van der Waals surface area contributed by atoms with Crippen LogP contribution in [0, 0.1) is 6.92 Å². The second-order valence-electron chi connectivity index (χ2n) is 5.53. The summed E-state index contributed by atoms with van der Waals surface area (Å²) in [6.07, 6.45) is 0.397. The smallest absolute Gasteiger partial charge is 0.295 e. The summed E-state index contributed by atoms with van der Waals surface area (Å²) in [6.45, 7) is 1.94. The monoisotopic (exact) mass is 335 g/mol. The van der Waals surface area contributed by atoms with E-state index in [0.717, 1.165) is 5.56 Å². The van der Waals surface area contributed by atoms with Gasteiger partial charge in [-0.1, -0.05) is 35.5 Å². The lowest BCUT2D eigenvalue weighted by molar-refractivity contribution is 0.0682. The van der Waals surface area contributed by atoms with Crippen molar-refractivity contribution in [3.05, 3.63) is 47.6 Å². The Morgan fingerprint density at radius 1 is 1.30 bits per heavy atom. The second-order valence-corrected chi connectivity index (χ2v) is 7.76. The largest absolute Gasteiger partial charge is 0.339 e. The number of carbonyl (C=O) groups excluding carboxylic acids is 1. The fourth-order valence-electron chi connectivity index (χ4n) is 2.73. The van der Waals surface area contributed by atoms with Crippen molar-refractivity contribution in [1.29, 1.82) is 0 Å². The minimum absolute atomic E-state index is 0.0391. The lowest BCUT2D eigenvalue weighted by atomic mass is 10.1. The minimum Gasteiger partial charge on any atom is -0.339 e. The van der Waals surface area contributed by atoms with Crippen molar-refractivity contribution in [2.24, 2.45) is 0 Å². The molecule has 122 valence electrons. The fraction of sp³-hybridized carbons (Fsp3) is 0.400. The standard InChI is InChI=1S/C15H17N3O4S/c1-11-16-14(17-22-11)15(19)18-8-5-9-23(20,21)10-13(18)12-6-3-2-4-7-12/h2-4,6-7,13H,5,8-10H2,1H3. The molecule has 0 bridgehead atoms. The number of aromatic nitrogens is 2. The van der Waals surface area contributed by atoms with Gasteiger partial charge in [0.2, 0.25) is 5.89 Å². The molecule has 1 atom stereocenters. The molecular weight excluding hydrogens is 318 g/mol. The number of hydrogen-bond acceptors (Lipinski definition) is 6. The van der Waals surface area contributed by atoms with Gasteiger partial charge in [-0.15, -0.1) is 0 Å². The van der Waals surface area contributed by atoms with E-state index in [1.807, 2.05) is 30.3 Å². The molecule has 1 amide bonds. The van der Waals surface area contributed by atoms with E-state index >= 15 is 0 Å². The van der Waals surface area contributed by atoms with Crippen LogP contribution < -0.4 is 0 Å². The highest BCUT2D eigenvalue weighted by Crippen LogP contribution is 2.27. The number of amides is 1. The van der Waals surface area contributed by atoms with E-state index < -0.39 is 21.8 Å². The van der Waals surface area contributed by atoms with E-state index in [2.05, 4.69) is 10.1 Å². The van der Waals surface area contributed by atoms with Crippen LogP contribution >= 0.6 is 0 Å². The molecule has 1 aliphatic heterocycles. The van der Waals surface area contributed by atoms with Crippen molar-refractivity contribution >= 4 is 15.7 Å². The Morgan fingerprint density at radius 2 is 2.04 bits per heavy atom. The first kappa shape index (κ1) is 15.7. The molecule has 1 aromatic heterocycles. The lowest BCUT2D eigenvalue weighted by Crippen LogP contribution is -2.37. The molecule has 3 rings (SSSR count). The van der Waals surface area contributed by atoms with Crippen LogP contribution in [-0.2, 0) is 9.84 Å². The van der Waals surface area contributed by atoms with Crippen LogP contribution in [0.15, 0.2) is 34.9 Å². The van der Waals surface area contributed by atoms with Crippen molar-refractivity contribution in [3.63, 3.8) is 0 Å². The van der Waals surface area contributed by atoms with Crippen molar-refractivity contribution in [2.75, 3.05) is 18.1 Å². The fourth-order valence-corrected chi connectivity index (χ4v) is 4.32. The molecule has 23 heavy (non-hydrogen) atoms. The molecule has 0 aliphatic carbocycles. The molecule has 2 aromatic rings. The van der Waals surface area contributed by atoms with Gasteiger partial charge in [-0.05, 0) is 12.0 Å². The topological polar surface area (TPSA) is 93.4 Å². The van der Waals surface area contributed by atoms with Crippen molar-refractivity contribution in [1.82, 2.24) is 15.0 Å². The van der Waals surface area contributed by atoms with Gasteiger partial charge < -0.3 is 9.42 Å². The first-order chi connectivity index (χ1) is 11.0. The summed E-state index contributed by atoms with van der Waals surface area (Å²) < 4.78 is 29.2. The average Bonchev–Trinajstić information content (AvgIpc) is 2.89. The summed E-state index contributed by atoms with van der Waals surface area (Å²) in [5.74, 6) is -0.173. The number of nitrogens with zero attached hydrogens (tertiary/aromatic N) is 3. The third-order valence-corrected chi connectivity index (χ3v) is 5.54. The van der Waals surface area contributed by atoms with E-state index in [1.165, 1.54) is 4.90 Å². The van der Waals surface area contributed by atoms with Gasteiger partial charge in [0.15, 0.2) is 9.84 Å². The molecule has 0 spiro atoms. The maximum atomic E-state index is 12.7. The van der Waals surface area contributed by atoms with E-state index in [4.69, 9.17) is 4.52 Å². The van der Waals surface area contributed by atoms with Gasteiger partial charge in [-0.2, -0.15) is 4.98 Å². The molecule has 0 saturated carbocycles. The van der Waals surface area contributed by atoms with Gasteiger partial charge in [0, 0.05) is 13.5 Å². The number of carbonyl (C=O) groups is 1. The molecule has 1 saturated heterocycles. The van der Waals surface area contributed by atoms with Crippen molar-refractivity contribution in [2.45, 2.75) is 19.4 Å². The Hall–Kier alpha value is -2.22. The van der Waals surface area contributed by atoms with Crippen LogP contribution in [0.1, 0.15) is 34.5 Å². The average molecular weight is 335 g/mol. The molecule has 1 aromatic carbocycles. The highest BCUT2D eigenvalue weighted by molar-refractivity contribution is 7.91. The summed E-state index contributed by atoms with van der Waals surface area (Å²) in [6, 6.07) is 8.61. The Balaban J connectivity index is 1.99. The number of sulfone groups is 1. The molecule has 7 nitrogen and oxygen atoms in total. The number of aryl methyl sites for hydroxylation is 1. The van der Waals surface area contributed by atoms with Gasteiger partial charge >= 0.3 is 0 Å². The maximum absolute atomic E-state index is 12.7. The van der Waals surface area contributed by atoms with Crippen LogP contribution in [0.4, 0.5) is 0 Å². The number of hydrogen-bond donors (Lipinski definition) is 0.